The summed E-state index contributed by atoms with van der Waals surface area (Å²) in [5.41, 5.74) is -1.92. The number of benzene rings is 2. The molecule has 0 amide bonds. The maximum Gasteiger partial charge on any atom is 0.433 e. The summed E-state index contributed by atoms with van der Waals surface area (Å²) < 4.78 is 47.3. The Balaban J connectivity index is 2.11. The van der Waals surface area contributed by atoms with Crippen molar-refractivity contribution in [2.45, 2.75) is 18.2 Å². The van der Waals surface area contributed by atoms with Crippen molar-refractivity contribution < 1.29 is 22.7 Å². The van der Waals surface area contributed by atoms with Gasteiger partial charge >= 0.3 is 12.1 Å². The van der Waals surface area contributed by atoms with E-state index in [9.17, 15) is 18.0 Å². The fourth-order valence-corrected chi connectivity index (χ4v) is 3.00. The van der Waals surface area contributed by atoms with Gasteiger partial charge in [-0.3, -0.25) is 0 Å². The van der Waals surface area contributed by atoms with E-state index in [0.29, 0.717) is 11.1 Å². The van der Waals surface area contributed by atoms with Crippen molar-refractivity contribution in [3.63, 3.8) is 0 Å². The van der Waals surface area contributed by atoms with Gasteiger partial charge in [-0.1, -0.05) is 58.4 Å². The Morgan fingerprint density at radius 3 is 2.21 bits per heavy atom. The molecule has 2 aromatic rings. The highest BCUT2D eigenvalue weighted by molar-refractivity contribution is 9.10. The summed E-state index contributed by atoms with van der Waals surface area (Å²) in [4.78, 5) is 11.9. The van der Waals surface area contributed by atoms with Crippen molar-refractivity contribution in [1.29, 1.82) is 0 Å². The fraction of sp³-hybridized carbons (Fsp3) is 0.167. The van der Waals surface area contributed by atoms with E-state index in [4.69, 9.17) is 4.74 Å². The highest BCUT2D eigenvalue weighted by Gasteiger charge is 2.60. The highest BCUT2D eigenvalue weighted by atomic mass is 79.9. The van der Waals surface area contributed by atoms with Crippen molar-refractivity contribution >= 4 is 27.5 Å². The van der Waals surface area contributed by atoms with Gasteiger partial charge in [-0.15, -0.1) is 0 Å². The Hall–Kier alpha value is -2.08. The van der Waals surface area contributed by atoms with Gasteiger partial charge in [0.05, 0.1) is 0 Å². The van der Waals surface area contributed by atoms with Crippen LogP contribution in [0.15, 0.2) is 65.1 Å². The van der Waals surface area contributed by atoms with Crippen LogP contribution in [0.2, 0.25) is 0 Å². The Morgan fingerprint density at radius 2 is 1.62 bits per heavy atom. The predicted octanol–water partition coefficient (Wildman–Crippen LogP) is 5.24. The molecule has 0 N–H and O–H groups in total. The third kappa shape index (κ3) is 2.98. The number of halogens is 4. The summed E-state index contributed by atoms with van der Waals surface area (Å²) in [5, 5.41) is 0. The van der Waals surface area contributed by atoms with Crippen molar-refractivity contribution in [2.24, 2.45) is 0 Å². The summed E-state index contributed by atoms with van der Waals surface area (Å²) in [6.45, 7) is 0. The number of carbonyl (C=O) groups excluding carboxylic acids is 1. The highest BCUT2D eigenvalue weighted by Crippen LogP contribution is 2.50. The molecule has 0 bridgehead atoms. The van der Waals surface area contributed by atoms with Crippen LogP contribution >= 0.6 is 15.9 Å². The first-order valence-electron chi connectivity index (χ1n) is 7.13. The van der Waals surface area contributed by atoms with Gasteiger partial charge in [0.1, 0.15) is 0 Å². The largest absolute Gasteiger partial charge is 0.441 e. The molecule has 0 saturated carbocycles. The number of cyclic esters (lactones) is 1. The van der Waals surface area contributed by atoms with Crippen LogP contribution in [0.5, 0.6) is 0 Å². The fourth-order valence-electron chi connectivity index (χ4n) is 2.74. The smallest absolute Gasteiger partial charge is 0.433 e. The topological polar surface area (TPSA) is 26.3 Å². The van der Waals surface area contributed by atoms with Gasteiger partial charge in [-0.05, 0) is 23.3 Å². The van der Waals surface area contributed by atoms with E-state index >= 15 is 0 Å². The van der Waals surface area contributed by atoms with E-state index in [0.717, 1.165) is 10.5 Å². The number of hydrogen-bond donors (Lipinski definition) is 0. The Morgan fingerprint density at radius 1 is 1.00 bits per heavy atom. The van der Waals surface area contributed by atoms with Crippen LogP contribution in [0.4, 0.5) is 13.2 Å². The van der Waals surface area contributed by atoms with E-state index < -0.39 is 24.2 Å². The zero-order chi connectivity index (χ0) is 17.4. The average molecular weight is 397 g/mol. The summed E-state index contributed by atoms with van der Waals surface area (Å²) in [7, 11) is 0. The molecule has 0 fully saturated rings. The number of ether oxygens (including phenoxy) is 1. The first-order valence-corrected chi connectivity index (χ1v) is 7.93. The maximum atomic E-state index is 13.9. The molecule has 1 atom stereocenters. The molecular formula is C18H12BrF3O2. The lowest BCUT2D eigenvalue weighted by Gasteiger charge is -2.38. The predicted molar refractivity (Wildman–Crippen MR) is 87.0 cm³/mol. The third-order valence-electron chi connectivity index (χ3n) is 3.92. The molecule has 2 aromatic carbocycles. The SMILES string of the molecule is O=C1C=C(c2ccc(Br)cc2)C[C@@](c2ccccc2)(C(F)(F)F)O1. The molecule has 1 heterocycles. The lowest BCUT2D eigenvalue weighted by Crippen LogP contribution is -2.48. The lowest BCUT2D eigenvalue weighted by molar-refractivity contribution is -0.274. The van der Waals surface area contributed by atoms with Crippen molar-refractivity contribution in [2.75, 3.05) is 0 Å². The van der Waals surface area contributed by atoms with Crippen LogP contribution in [0, 0.1) is 0 Å². The Kier molecular flexibility index (Phi) is 4.25. The monoisotopic (exact) mass is 396 g/mol. The second-order valence-electron chi connectivity index (χ2n) is 5.47. The minimum atomic E-state index is -4.74. The molecule has 24 heavy (non-hydrogen) atoms. The van der Waals surface area contributed by atoms with Gasteiger partial charge in [0.25, 0.3) is 0 Å². The first-order chi connectivity index (χ1) is 11.3. The first kappa shape index (κ1) is 16.8. The van der Waals surface area contributed by atoms with Gasteiger partial charge in [-0.25, -0.2) is 4.79 Å². The number of carbonyl (C=O) groups is 1. The molecule has 0 saturated heterocycles. The molecule has 0 aliphatic carbocycles. The minimum absolute atomic E-state index is 0.0893. The molecule has 0 aromatic heterocycles. The number of alkyl halides is 3. The van der Waals surface area contributed by atoms with Crippen LogP contribution in [0.3, 0.4) is 0 Å². The minimum Gasteiger partial charge on any atom is -0.441 e. The molecule has 3 rings (SSSR count). The van der Waals surface area contributed by atoms with Crippen molar-refractivity contribution in [1.82, 2.24) is 0 Å². The molecule has 0 spiro atoms. The normalized spacial score (nSPS) is 21.2. The number of rotatable bonds is 2. The second kappa shape index (κ2) is 6.09. The van der Waals surface area contributed by atoms with Gasteiger partial charge in [0.2, 0.25) is 5.60 Å². The summed E-state index contributed by atoms with van der Waals surface area (Å²) in [5.74, 6) is -1.000. The van der Waals surface area contributed by atoms with Crippen LogP contribution in [-0.2, 0) is 15.1 Å². The molecule has 124 valence electrons. The second-order valence-corrected chi connectivity index (χ2v) is 6.38. The molecule has 1 aliphatic rings. The summed E-state index contributed by atoms with van der Waals surface area (Å²) in [6, 6.07) is 14.0. The molecule has 2 nitrogen and oxygen atoms in total. The summed E-state index contributed by atoms with van der Waals surface area (Å²) in [6.07, 6.45) is -4.08. The Bertz CT molecular complexity index is 782. The zero-order valence-corrected chi connectivity index (χ0v) is 13.9. The molecule has 1 aliphatic heterocycles. The van der Waals surface area contributed by atoms with E-state index in [1.165, 1.54) is 24.3 Å². The van der Waals surface area contributed by atoms with E-state index in [2.05, 4.69) is 15.9 Å². The number of hydrogen-bond acceptors (Lipinski definition) is 2. The van der Waals surface area contributed by atoms with Gasteiger partial charge in [0, 0.05) is 22.5 Å². The average Bonchev–Trinajstić information content (AvgIpc) is 2.54. The lowest BCUT2D eigenvalue weighted by atomic mass is 9.82. The van der Waals surface area contributed by atoms with Crippen molar-refractivity contribution in [3.05, 3.63) is 76.3 Å². The quantitative estimate of drug-likeness (QED) is 0.649. The van der Waals surface area contributed by atoms with Gasteiger partial charge < -0.3 is 4.74 Å². The Labute approximate surface area is 145 Å². The standard InChI is InChI=1S/C18H12BrF3O2/c19-15-8-6-12(7-9-15)13-10-16(23)24-17(11-13,18(20,21)22)14-4-2-1-3-5-14/h1-10H,11H2/t17-/m1/s1. The zero-order valence-electron chi connectivity index (χ0n) is 12.3. The van der Waals surface area contributed by atoms with Crippen LogP contribution < -0.4 is 0 Å². The van der Waals surface area contributed by atoms with E-state index in [-0.39, 0.29) is 5.56 Å². The third-order valence-corrected chi connectivity index (χ3v) is 4.45. The van der Waals surface area contributed by atoms with Crippen LogP contribution in [0.1, 0.15) is 17.5 Å². The van der Waals surface area contributed by atoms with Gasteiger partial charge in [0.15, 0.2) is 0 Å². The molecular weight excluding hydrogens is 385 g/mol. The molecule has 6 heteroatoms. The van der Waals surface area contributed by atoms with Crippen LogP contribution in [0.25, 0.3) is 5.57 Å². The summed E-state index contributed by atoms with van der Waals surface area (Å²) >= 11 is 3.28. The maximum absolute atomic E-state index is 13.9. The van der Waals surface area contributed by atoms with Crippen LogP contribution in [-0.4, -0.2) is 12.1 Å². The van der Waals surface area contributed by atoms with E-state index in [1.54, 1.807) is 30.3 Å². The molecule has 0 radical (unpaired) electrons. The number of esters is 1. The molecule has 0 unspecified atom stereocenters. The van der Waals surface area contributed by atoms with Gasteiger partial charge in [-0.2, -0.15) is 13.2 Å². The van der Waals surface area contributed by atoms with E-state index in [1.807, 2.05) is 0 Å². The van der Waals surface area contributed by atoms with Crippen molar-refractivity contribution in [3.8, 4) is 0 Å².